The lowest BCUT2D eigenvalue weighted by atomic mass is 10.2. The van der Waals surface area contributed by atoms with E-state index >= 15 is 0 Å². The van der Waals surface area contributed by atoms with Gasteiger partial charge in [-0.25, -0.2) is 18.4 Å². The van der Waals surface area contributed by atoms with E-state index in [1.165, 1.54) is 6.20 Å². The quantitative estimate of drug-likeness (QED) is 0.669. The summed E-state index contributed by atoms with van der Waals surface area (Å²) in [5.74, 6) is 0.147. The predicted molar refractivity (Wildman–Crippen MR) is 104 cm³/mol. The first-order chi connectivity index (χ1) is 12.6. The number of nitrogens with zero attached hydrogens (tertiary/aromatic N) is 3. The minimum Gasteiger partial charge on any atom is -0.472 e. The molecule has 0 aliphatic heterocycles. The fourth-order valence-corrected chi connectivity index (χ4v) is 4.03. The molecule has 0 atom stereocenters. The highest BCUT2D eigenvalue weighted by Gasteiger charge is 2.23. The number of aryl methyl sites for hydroxylation is 1. The van der Waals surface area contributed by atoms with Gasteiger partial charge in [0.15, 0.2) is 0 Å². The Hall–Kier alpha value is -2.67. The number of hydrogen-bond donors (Lipinski definition) is 0. The summed E-state index contributed by atoms with van der Waals surface area (Å²) in [5.41, 5.74) is 1.80. The summed E-state index contributed by atoms with van der Waals surface area (Å²) in [6.45, 7) is 7.70. The van der Waals surface area contributed by atoms with Crippen LogP contribution in [-0.4, -0.2) is 28.6 Å². The fourth-order valence-electron chi connectivity index (χ4n) is 2.66. The molecule has 6 nitrogen and oxygen atoms in total. The fraction of sp³-hybridized carbons (Fsp3) is 0.300. The molecule has 0 saturated carbocycles. The van der Waals surface area contributed by atoms with Crippen molar-refractivity contribution in [2.24, 2.45) is 0 Å². The Labute approximate surface area is 159 Å². The topological polar surface area (TPSA) is 74.1 Å². The van der Waals surface area contributed by atoms with Gasteiger partial charge in [-0.3, -0.25) is 4.57 Å². The summed E-state index contributed by atoms with van der Waals surface area (Å²) in [4.78, 5) is 8.42. The van der Waals surface area contributed by atoms with Crippen LogP contribution < -0.4 is 4.74 Å². The monoisotopic (exact) mass is 385 g/mol. The normalized spacial score (nSPS) is 12.1. The molecule has 0 radical (unpaired) electrons. The van der Waals surface area contributed by atoms with E-state index in [0.717, 1.165) is 11.3 Å². The number of benzene rings is 1. The van der Waals surface area contributed by atoms with E-state index in [0.29, 0.717) is 11.6 Å². The smallest absolute Gasteiger partial charge is 0.232 e. The van der Waals surface area contributed by atoms with Gasteiger partial charge in [-0.1, -0.05) is 18.2 Å². The third kappa shape index (κ3) is 4.74. The molecule has 0 saturated heterocycles. The summed E-state index contributed by atoms with van der Waals surface area (Å²) in [7, 11) is -3.69. The van der Waals surface area contributed by atoms with Crippen LogP contribution >= 0.6 is 0 Å². The van der Waals surface area contributed by atoms with Gasteiger partial charge in [-0.15, -0.1) is 0 Å². The molecule has 0 aliphatic rings. The number of imidazole rings is 1. The second-order valence-corrected chi connectivity index (χ2v) is 9.24. The van der Waals surface area contributed by atoms with Crippen LogP contribution in [0.1, 0.15) is 32.0 Å². The van der Waals surface area contributed by atoms with E-state index in [-0.39, 0.29) is 10.9 Å². The Morgan fingerprint density at radius 2 is 1.85 bits per heavy atom. The van der Waals surface area contributed by atoms with Crippen molar-refractivity contribution in [1.29, 1.82) is 0 Å². The molecule has 3 rings (SSSR count). The van der Waals surface area contributed by atoms with Gasteiger partial charge in [0.05, 0.1) is 5.69 Å². The van der Waals surface area contributed by atoms with Gasteiger partial charge >= 0.3 is 0 Å². The first-order valence-electron chi connectivity index (χ1n) is 8.62. The maximum atomic E-state index is 13.0. The van der Waals surface area contributed by atoms with Crippen LogP contribution in [0.2, 0.25) is 0 Å². The van der Waals surface area contributed by atoms with Gasteiger partial charge in [-0.05, 0) is 51.5 Å². The standard InChI is InChI=1S/C20H23N3O3S/c1-15-7-5-9-17(13-15)23-12-11-21-19(23)27(24,25)14-16-8-6-10-18(22-16)26-20(2,3)4/h5-13H,14H2,1-4H3. The molecule has 7 heteroatoms. The molecule has 142 valence electrons. The van der Waals surface area contributed by atoms with Crippen molar-refractivity contribution >= 4 is 9.84 Å². The van der Waals surface area contributed by atoms with Gasteiger partial charge in [-0.2, -0.15) is 0 Å². The van der Waals surface area contributed by atoms with Crippen molar-refractivity contribution in [1.82, 2.24) is 14.5 Å². The minimum absolute atomic E-state index is 0.00274. The second-order valence-electron chi connectivity index (χ2n) is 7.36. The number of sulfone groups is 1. The Morgan fingerprint density at radius 1 is 1.11 bits per heavy atom. The molecule has 0 spiro atoms. The van der Waals surface area contributed by atoms with Crippen molar-refractivity contribution < 1.29 is 13.2 Å². The SMILES string of the molecule is Cc1cccc(-n2ccnc2S(=O)(=O)Cc2cccc(OC(C)(C)C)n2)c1. The first-order valence-corrected chi connectivity index (χ1v) is 10.3. The number of rotatable bonds is 5. The Kier molecular flexibility index (Phi) is 5.06. The molecule has 1 aromatic carbocycles. The van der Waals surface area contributed by atoms with Crippen LogP contribution in [0.5, 0.6) is 5.88 Å². The summed E-state index contributed by atoms with van der Waals surface area (Å²) >= 11 is 0. The molecule has 0 bridgehead atoms. The number of pyridine rings is 1. The number of hydrogen-bond acceptors (Lipinski definition) is 5. The van der Waals surface area contributed by atoms with Crippen molar-refractivity contribution in [3.8, 4) is 11.6 Å². The summed E-state index contributed by atoms with van der Waals surface area (Å²) in [6, 6.07) is 12.7. The van der Waals surface area contributed by atoms with Gasteiger partial charge in [0.25, 0.3) is 0 Å². The van der Waals surface area contributed by atoms with Gasteiger partial charge < -0.3 is 4.74 Å². The summed E-state index contributed by atoms with van der Waals surface area (Å²) in [5, 5.41) is -0.00274. The van der Waals surface area contributed by atoms with Crippen molar-refractivity contribution in [3.63, 3.8) is 0 Å². The summed E-state index contributed by atoms with van der Waals surface area (Å²) < 4.78 is 33.3. The zero-order valence-electron chi connectivity index (χ0n) is 15.9. The highest BCUT2D eigenvalue weighted by molar-refractivity contribution is 7.90. The van der Waals surface area contributed by atoms with E-state index in [9.17, 15) is 8.42 Å². The lowest BCUT2D eigenvalue weighted by Crippen LogP contribution is -2.23. The first kappa shape index (κ1) is 19.1. The highest BCUT2D eigenvalue weighted by atomic mass is 32.2. The largest absolute Gasteiger partial charge is 0.472 e. The number of ether oxygens (including phenoxy) is 1. The molecule has 0 unspecified atom stereocenters. The summed E-state index contributed by atoms with van der Waals surface area (Å²) in [6.07, 6.45) is 3.13. The number of aromatic nitrogens is 3. The maximum Gasteiger partial charge on any atom is 0.232 e. The maximum absolute atomic E-state index is 13.0. The van der Waals surface area contributed by atoms with E-state index < -0.39 is 15.4 Å². The van der Waals surface area contributed by atoms with Crippen LogP contribution in [0.15, 0.2) is 60.0 Å². The van der Waals surface area contributed by atoms with Crippen molar-refractivity contribution in [2.45, 2.75) is 44.2 Å². The molecule has 27 heavy (non-hydrogen) atoms. The van der Waals surface area contributed by atoms with E-state index in [4.69, 9.17) is 4.74 Å². The zero-order valence-corrected chi connectivity index (χ0v) is 16.7. The lowest BCUT2D eigenvalue weighted by Gasteiger charge is -2.20. The molecule has 0 aliphatic carbocycles. The van der Waals surface area contributed by atoms with Gasteiger partial charge in [0.2, 0.25) is 20.9 Å². The second kappa shape index (κ2) is 7.15. The molecular formula is C20H23N3O3S. The molecule has 2 heterocycles. The van der Waals surface area contributed by atoms with Crippen molar-refractivity contribution in [3.05, 3.63) is 66.1 Å². The van der Waals surface area contributed by atoms with Crippen LogP contribution in [0, 0.1) is 6.92 Å². The van der Waals surface area contributed by atoms with E-state index in [2.05, 4.69) is 9.97 Å². The third-order valence-electron chi connectivity index (χ3n) is 3.69. The lowest BCUT2D eigenvalue weighted by molar-refractivity contribution is 0.124. The average molecular weight is 385 g/mol. The van der Waals surface area contributed by atoms with E-state index in [1.807, 2.05) is 52.0 Å². The van der Waals surface area contributed by atoms with Crippen LogP contribution in [0.4, 0.5) is 0 Å². The Balaban J connectivity index is 1.91. The third-order valence-corrected chi connectivity index (χ3v) is 5.23. The van der Waals surface area contributed by atoms with Gasteiger partial charge in [0, 0.05) is 24.1 Å². The molecule has 0 fully saturated rings. The van der Waals surface area contributed by atoms with Gasteiger partial charge in [0.1, 0.15) is 11.4 Å². The Bertz CT molecular complexity index is 1050. The molecule has 0 N–H and O–H groups in total. The Morgan fingerprint density at radius 3 is 2.56 bits per heavy atom. The average Bonchev–Trinajstić information content (AvgIpc) is 3.03. The minimum atomic E-state index is -3.69. The van der Waals surface area contributed by atoms with Crippen LogP contribution in [0.3, 0.4) is 0 Å². The van der Waals surface area contributed by atoms with E-state index in [1.54, 1.807) is 29.0 Å². The van der Waals surface area contributed by atoms with Crippen LogP contribution in [0.25, 0.3) is 5.69 Å². The predicted octanol–water partition coefficient (Wildman–Crippen LogP) is 3.73. The van der Waals surface area contributed by atoms with Crippen molar-refractivity contribution in [2.75, 3.05) is 0 Å². The molecule has 0 amide bonds. The highest BCUT2D eigenvalue weighted by Crippen LogP contribution is 2.21. The molecule has 2 aromatic heterocycles. The van der Waals surface area contributed by atoms with Crippen LogP contribution in [-0.2, 0) is 15.6 Å². The molecule has 3 aromatic rings. The molecular weight excluding hydrogens is 362 g/mol. The zero-order chi connectivity index (χ0) is 19.7.